The van der Waals surface area contributed by atoms with Crippen molar-refractivity contribution in [3.8, 4) is 0 Å². The molecule has 13 heavy (non-hydrogen) atoms. The van der Waals surface area contributed by atoms with Gasteiger partial charge in [-0.05, 0) is 0 Å². The molecular formula is C9H15Cl2NSn. The minimum Gasteiger partial charge on any atom is -0.147 e. The third-order valence-corrected chi connectivity index (χ3v) is 5.09. The fourth-order valence-corrected chi connectivity index (χ4v) is 3.94. The average molecular weight is 327 g/mol. The first-order chi connectivity index (χ1) is 5.38. The smallest absolute Gasteiger partial charge is 0.147 e. The Morgan fingerprint density at radius 1 is 1.23 bits per heavy atom. The Kier molecular flexibility index (Phi) is 11.2. The van der Waals surface area contributed by atoms with Gasteiger partial charge in [0.2, 0.25) is 0 Å². The van der Waals surface area contributed by atoms with Crippen LogP contribution in [-0.4, -0.2) is 21.1 Å². The zero-order chi connectivity index (χ0) is 8.10. The van der Waals surface area contributed by atoms with Crippen LogP contribution in [0.15, 0.2) is 24.3 Å². The molecular weight excluding hydrogens is 312 g/mol. The van der Waals surface area contributed by atoms with E-state index in [1.54, 1.807) is 3.58 Å². The van der Waals surface area contributed by atoms with Crippen molar-refractivity contribution in [2.24, 2.45) is 5.73 Å². The molecule has 2 N–H and O–H groups in total. The Bertz CT molecular complexity index is 231. The zero-order valence-corrected chi connectivity index (χ0v) is 12.1. The van der Waals surface area contributed by atoms with Gasteiger partial charge in [0.15, 0.2) is 0 Å². The van der Waals surface area contributed by atoms with Crippen molar-refractivity contribution < 1.29 is 0 Å². The minimum atomic E-state index is -0.282. The quantitative estimate of drug-likeness (QED) is 0.842. The molecule has 4 heteroatoms. The molecule has 0 aromatic heterocycles. The maximum atomic E-state index is 5.61. The van der Waals surface area contributed by atoms with Crippen molar-refractivity contribution in [1.82, 2.24) is 0 Å². The maximum Gasteiger partial charge on any atom is -0.147 e. The molecule has 0 fully saturated rings. The number of hydrogen-bond donors (Lipinski definition) is 1. The fraction of sp³-hybridized carbons (Fsp3) is 0.333. The van der Waals surface area contributed by atoms with Crippen LogP contribution in [0.1, 0.15) is 12.5 Å². The van der Waals surface area contributed by atoms with Crippen LogP contribution in [0, 0.1) is 0 Å². The Hall–Kier alpha value is 0.559. The molecule has 0 amide bonds. The summed E-state index contributed by atoms with van der Waals surface area (Å²) in [5.74, 6) is 0. The molecule has 1 aromatic rings. The molecule has 0 aliphatic rings. The van der Waals surface area contributed by atoms with Gasteiger partial charge in [0, 0.05) is 0 Å². The first kappa shape index (κ1) is 16.0. The van der Waals surface area contributed by atoms with Crippen molar-refractivity contribution in [2.75, 3.05) is 0 Å². The average Bonchev–Trinajstić information content (AvgIpc) is 2.06. The first-order valence-corrected chi connectivity index (χ1v) is 7.35. The molecule has 2 radical (unpaired) electrons. The SMILES string of the molecule is C[CH2][Sn][c]1ccccc1CN.Cl.Cl. The summed E-state index contributed by atoms with van der Waals surface area (Å²) in [5, 5.41) is 0. The second-order valence-corrected chi connectivity index (χ2v) is 6.96. The van der Waals surface area contributed by atoms with Crippen LogP contribution in [-0.2, 0) is 6.54 Å². The van der Waals surface area contributed by atoms with Gasteiger partial charge in [0.25, 0.3) is 0 Å². The molecule has 0 aliphatic carbocycles. The number of hydrogen-bond acceptors (Lipinski definition) is 1. The van der Waals surface area contributed by atoms with Gasteiger partial charge >= 0.3 is 78.2 Å². The van der Waals surface area contributed by atoms with Crippen molar-refractivity contribution in [3.63, 3.8) is 0 Å². The van der Waals surface area contributed by atoms with Gasteiger partial charge in [-0.2, -0.15) is 0 Å². The molecule has 0 bridgehead atoms. The Morgan fingerprint density at radius 3 is 2.38 bits per heavy atom. The third-order valence-electron chi connectivity index (χ3n) is 1.60. The normalized spacial score (nSPS) is 8.46. The summed E-state index contributed by atoms with van der Waals surface area (Å²) in [4.78, 5) is 0. The summed E-state index contributed by atoms with van der Waals surface area (Å²) < 4.78 is 2.93. The Balaban J connectivity index is 0. The summed E-state index contributed by atoms with van der Waals surface area (Å²) in [6.07, 6.45) is 0. The van der Waals surface area contributed by atoms with E-state index in [0.29, 0.717) is 6.54 Å². The molecule has 0 atom stereocenters. The van der Waals surface area contributed by atoms with Gasteiger partial charge in [-0.1, -0.05) is 0 Å². The molecule has 0 heterocycles. The second-order valence-electron chi connectivity index (χ2n) is 2.39. The van der Waals surface area contributed by atoms with Gasteiger partial charge in [-0.15, -0.1) is 24.8 Å². The summed E-state index contributed by atoms with van der Waals surface area (Å²) in [6.45, 7) is 2.97. The van der Waals surface area contributed by atoms with Gasteiger partial charge in [-0.25, -0.2) is 0 Å². The van der Waals surface area contributed by atoms with Crippen LogP contribution in [0.2, 0.25) is 4.44 Å². The molecule has 0 spiro atoms. The predicted octanol–water partition coefficient (Wildman–Crippen LogP) is 1.76. The van der Waals surface area contributed by atoms with E-state index < -0.39 is 0 Å². The summed E-state index contributed by atoms with van der Waals surface area (Å²) >= 11 is -0.282. The Labute approximate surface area is 103 Å². The van der Waals surface area contributed by atoms with Crippen molar-refractivity contribution in [1.29, 1.82) is 0 Å². The summed E-state index contributed by atoms with van der Waals surface area (Å²) in [6, 6.07) is 8.56. The Morgan fingerprint density at radius 2 is 1.85 bits per heavy atom. The van der Waals surface area contributed by atoms with Crippen LogP contribution < -0.4 is 9.31 Å². The van der Waals surface area contributed by atoms with Crippen molar-refractivity contribution in [3.05, 3.63) is 29.8 Å². The van der Waals surface area contributed by atoms with Gasteiger partial charge in [0.05, 0.1) is 0 Å². The van der Waals surface area contributed by atoms with Crippen molar-refractivity contribution in [2.45, 2.75) is 17.9 Å². The third kappa shape index (κ3) is 5.11. The van der Waals surface area contributed by atoms with Crippen LogP contribution in [0.25, 0.3) is 0 Å². The largest absolute Gasteiger partial charge is 0.147 e. The van der Waals surface area contributed by atoms with E-state index in [9.17, 15) is 0 Å². The van der Waals surface area contributed by atoms with E-state index in [0.717, 1.165) is 0 Å². The molecule has 0 saturated carbocycles. The molecule has 0 aliphatic heterocycles. The van der Waals surface area contributed by atoms with Gasteiger partial charge < -0.3 is 0 Å². The number of benzene rings is 1. The monoisotopic (exact) mass is 327 g/mol. The fourth-order valence-electron chi connectivity index (χ4n) is 1.06. The van der Waals surface area contributed by atoms with Crippen LogP contribution in [0.4, 0.5) is 0 Å². The van der Waals surface area contributed by atoms with Crippen LogP contribution >= 0.6 is 24.8 Å². The number of nitrogens with two attached hydrogens (primary N) is 1. The standard InChI is InChI=1S/C7H8N.C2H5.2ClH.Sn/c8-6-7-4-2-1-3-5-7;1-2;;;/h1-4H,6,8H2;1H2,2H3;2*1H;. The molecule has 1 rings (SSSR count). The van der Waals surface area contributed by atoms with E-state index in [4.69, 9.17) is 5.73 Å². The van der Waals surface area contributed by atoms with E-state index in [-0.39, 0.29) is 46.0 Å². The van der Waals surface area contributed by atoms with E-state index in [1.807, 2.05) is 0 Å². The van der Waals surface area contributed by atoms with Gasteiger partial charge in [-0.3, -0.25) is 0 Å². The van der Waals surface area contributed by atoms with Crippen LogP contribution in [0.5, 0.6) is 0 Å². The summed E-state index contributed by atoms with van der Waals surface area (Å²) in [5.41, 5.74) is 6.97. The number of rotatable bonds is 3. The first-order valence-electron chi connectivity index (χ1n) is 3.90. The minimum absolute atomic E-state index is 0. The zero-order valence-electron chi connectivity index (χ0n) is 7.62. The molecule has 0 saturated heterocycles. The molecule has 1 aromatic carbocycles. The topological polar surface area (TPSA) is 26.0 Å². The maximum absolute atomic E-state index is 5.61. The molecule has 0 unspecified atom stereocenters. The van der Waals surface area contributed by atoms with Gasteiger partial charge in [0.1, 0.15) is 0 Å². The van der Waals surface area contributed by atoms with E-state index >= 15 is 0 Å². The summed E-state index contributed by atoms with van der Waals surface area (Å²) in [7, 11) is 0. The predicted molar refractivity (Wildman–Crippen MR) is 64.7 cm³/mol. The number of halogens is 2. The van der Waals surface area contributed by atoms with Crippen LogP contribution in [0.3, 0.4) is 0 Å². The second kappa shape index (κ2) is 9.13. The molecule has 1 nitrogen and oxygen atoms in total. The van der Waals surface area contributed by atoms with E-state index in [2.05, 4.69) is 31.2 Å². The van der Waals surface area contributed by atoms with Crippen molar-refractivity contribution >= 4 is 49.5 Å². The molecule has 74 valence electrons. The van der Waals surface area contributed by atoms with E-state index in [1.165, 1.54) is 10.0 Å².